The predicted molar refractivity (Wildman–Crippen MR) is 69.8 cm³/mol. The van der Waals surface area contributed by atoms with Gasteiger partial charge in [0.05, 0.1) is 11.4 Å². The van der Waals surface area contributed by atoms with Crippen molar-refractivity contribution in [3.63, 3.8) is 0 Å². The summed E-state index contributed by atoms with van der Waals surface area (Å²) in [6, 6.07) is 5.44. The number of fused-ring (bicyclic) bond motifs is 1. The maximum Gasteiger partial charge on any atom is 0.248 e. The summed E-state index contributed by atoms with van der Waals surface area (Å²) < 4.78 is 0. The van der Waals surface area contributed by atoms with E-state index in [1.807, 2.05) is 6.07 Å². The molecule has 6 heteroatoms. The average Bonchev–Trinajstić information content (AvgIpc) is 2.38. The molecule has 0 bridgehead atoms. The van der Waals surface area contributed by atoms with E-state index in [2.05, 4.69) is 10.3 Å². The maximum atomic E-state index is 10.7. The highest BCUT2D eigenvalue weighted by molar-refractivity contribution is 5.98. The molecule has 1 amide bonds. The molecule has 0 spiro atoms. The average molecular weight is 246 g/mol. The van der Waals surface area contributed by atoms with E-state index >= 15 is 0 Å². The summed E-state index contributed by atoms with van der Waals surface area (Å²) in [5.41, 5.74) is 12.1. The third-order valence-corrected chi connectivity index (χ3v) is 2.68. The summed E-state index contributed by atoms with van der Waals surface area (Å²) >= 11 is 0. The van der Waals surface area contributed by atoms with Gasteiger partial charge in [-0.3, -0.25) is 9.78 Å². The third-order valence-electron chi connectivity index (χ3n) is 2.68. The molecule has 0 aliphatic heterocycles. The molecule has 1 heterocycles. The summed E-state index contributed by atoms with van der Waals surface area (Å²) in [7, 11) is 0. The molecule has 0 saturated heterocycles. The van der Waals surface area contributed by atoms with E-state index in [4.69, 9.17) is 11.5 Å². The van der Waals surface area contributed by atoms with Crippen LogP contribution in [0.5, 0.6) is 0 Å². The second-order valence-corrected chi connectivity index (χ2v) is 3.92. The van der Waals surface area contributed by atoms with Gasteiger partial charge in [0, 0.05) is 29.7 Å². The summed E-state index contributed by atoms with van der Waals surface area (Å²) in [5.74, 6) is -0.772. The number of hydrogen-bond donors (Lipinski definition) is 4. The maximum absolute atomic E-state index is 10.7. The standard InChI is InChI=1S/C12H14N4O2/c13-11-8-3-4-15-5-7(8)1-2-9(11)16-6-10(17)12(14)18/h1-5,10,16-17H,6,13H2,(H2,14,18). The van der Waals surface area contributed by atoms with Crippen molar-refractivity contribution in [2.75, 3.05) is 17.6 Å². The monoisotopic (exact) mass is 246 g/mol. The minimum atomic E-state index is -1.24. The first-order valence-electron chi connectivity index (χ1n) is 5.43. The number of pyridine rings is 1. The zero-order valence-electron chi connectivity index (χ0n) is 9.63. The number of nitrogen functional groups attached to an aromatic ring is 1. The number of aliphatic hydroxyl groups is 1. The number of nitrogens with one attached hydrogen (secondary N) is 1. The molecule has 0 radical (unpaired) electrons. The van der Waals surface area contributed by atoms with E-state index in [1.54, 1.807) is 24.5 Å². The second kappa shape index (κ2) is 4.89. The number of carbonyl (C=O) groups is 1. The Morgan fingerprint density at radius 3 is 2.94 bits per heavy atom. The van der Waals surface area contributed by atoms with Crippen LogP contribution in [0, 0.1) is 0 Å². The van der Waals surface area contributed by atoms with Crippen LogP contribution in [0.4, 0.5) is 11.4 Å². The number of aromatic nitrogens is 1. The van der Waals surface area contributed by atoms with Crippen molar-refractivity contribution in [2.45, 2.75) is 6.10 Å². The first-order chi connectivity index (χ1) is 8.59. The van der Waals surface area contributed by atoms with Crippen molar-refractivity contribution in [3.05, 3.63) is 30.6 Å². The zero-order chi connectivity index (χ0) is 13.1. The van der Waals surface area contributed by atoms with E-state index in [-0.39, 0.29) is 6.54 Å². The number of benzene rings is 1. The Hall–Kier alpha value is -2.34. The normalized spacial score (nSPS) is 12.3. The van der Waals surface area contributed by atoms with Crippen LogP contribution in [0.2, 0.25) is 0 Å². The van der Waals surface area contributed by atoms with Crippen molar-refractivity contribution in [1.82, 2.24) is 4.98 Å². The second-order valence-electron chi connectivity index (χ2n) is 3.92. The first kappa shape index (κ1) is 12.1. The van der Waals surface area contributed by atoms with E-state index < -0.39 is 12.0 Å². The predicted octanol–water partition coefficient (Wildman–Crippen LogP) is 0.0751. The fourth-order valence-corrected chi connectivity index (χ4v) is 1.65. The lowest BCUT2D eigenvalue weighted by Gasteiger charge is -2.13. The van der Waals surface area contributed by atoms with Crippen LogP contribution in [0.15, 0.2) is 30.6 Å². The third kappa shape index (κ3) is 2.33. The molecule has 6 N–H and O–H groups in total. The molecule has 0 aliphatic rings. The lowest BCUT2D eigenvalue weighted by atomic mass is 10.1. The van der Waals surface area contributed by atoms with Gasteiger partial charge in [0.15, 0.2) is 0 Å². The number of anilines is 2. The SMILES string of the molecule is NC(=O)C(O)CNc1ccc2cnccc2c1N. The highest BCUT2D eigenvalue weighted by Crippen LogP contribution is 2.27. The molecule has 18 heavy (non-hydrogen) atoms. The van der Waals surface area contributed by atoms with Crippen LogP contribution in [-0.4, -0.2) is 28.6 Å². The number of nitrogens with two attached hydrogens (primary N) is 2. The number of aliphatic hydroxyl groups excluding tert-OH is 1. The molecule has 1 unspecified atom stereocenters. The van der Waals surface area contributed by atoms with Crippen LogP contribution in [-0.2, 0) is 4.79 Å². The van der Waals surface area contributed by atoms with Gasteiger partial charge >= 0.3 is 0 Å². The van der Waals surface area contributed by atoms with Gasteiger partial charge in [0.25, 0.3) is 0 Å². The molecular weight excluding hydrogens is 232 g/mol. The highest BCUT2D eigenvalue weighted by atomic mass is 16.3. The number of nitrogens with zero attached hydrogens (tertiary/aromatic N) is 1. The quantitative estimate of drug-likeness (QED) is 0.570. The number of primary amides is 1. The lowest BCUT2D eigenvalue weighted by molar-refractivity contribution is -0.125. The van der Waals surface area contributed by atoms with Gasteiger partial charge in [0.2, 0.25) is 5.91 Å². The number of hydrogen-bond acceptors (Lipinski definition) is 5. The molecular formula is C12H14N4O2. The minimum Gasteiger partial charge on any atom is -0.397 e. The largest absolute Gasteiger partial charge is 0.397 e. The fraction of sp³-hybridized carbons (Fsp3) is 0.167. The van der Waals surface area contributed by atoms with E-state index in [0.717, 1.165) is 10.8 Å². The summed E-state index contributed by atoms with van der Waals surface area (Å²) in [4.78, 5) is 14.7. The van der Waals surface area contributed by atoms with Crippen molar-refractivity contribution in [3.8, 4) is 0 Å². The van der Waals surface area contributed by atoms with Crippen LogP contribution in [0.1, 0.15) is 0 Å². The molecule has 1 atom stereocenters. The Labute approximate surface area is 104 Å². The number of amides is 1. The van der Waals surface area contributed by atoms with E-state index in [9.17, 15) is 9.90 Å². The van der Waals surface area contributed by atoms with Crippen LogP contribution in [0.3, 0.4) is 0 Å². The van der Waals surface area contributed by atoms with Crippen LogP contribution in [0.25, 0.3) is 10.8 Å². The fourth-order valence-electron chi connectivity index (χ4n) is 1.65. The molecule has 6 nitrogen and oxygen atoms in total. The Morgan fingerprint density at radius 2 is 2.22 bits per heavy atom. The summed E-state index contributed by atoms with van der Waals surface area (Å²) in [6.07, 6.45) is 2.13. The smallest absolute Gasteiger partial charge is 0.248 e. The van der Waals surface area contributed by atoms with Gasteiger partial charge < -0.3 is 21.9 Å². The minimum absolute atomic E-state index is 0.0239. The Bertz CT molecular complexity index is 585. The van der Waals surface area contributed by atoms with Crippen molar-refractivity contribution in [2.24, 2.45) is 5.73 Å². The van der Waals surface area contributed by atoms with Gasteiger partial charge in [-0.15, -0.1) is 0 Å². The van der Waals surface area contributed by atoms with Gasteiger partial charge in [-0.05, 0) is 12.1 Å². The van der Waals surface area contributed by atoms with Gasteiger partial charge in [-0.25, -0.2) is 0 Å². The van der Waals surface area contributed by atoms with Crippen molar-refractivity contribution < 1.29 is 9.90 Å². The summed E-state index contributed by atoms with van der Waals surface area (Å²) in [5, 5.41) is 14.0. The molecule has 1 aromatic carbocycles. The topological polar surface area (TPSA) is 114 Å². The molecule has 0 fully saturated rings. The van der Waals surface area contributed by atoms with Gasteiger partial charge in [-0.1, -0.05) is 6.07 Å². The zero-order valence-corrected chi connectivity index (χ0v) is 9.63. The Morgan fingerprint density at radius 1 is 1.44 bits per heavy atom. The Kier molecular flexibility index (Phi) is 3.29. The highest BCUT2D eigenvalue weighted by Gasteiger charge is 2.11. The molecule has 1 aromatic heterocycles. The summed E-state index contributed by atoms with van der Waals surface area (Å²) in [6.45, 7) is 0.0239. The molecule has 0 saturated carbocycles. The van der Waals surface area contributed by atoms with E-state index in [0.29, 0.717) is 11.4 Å². The number of carbonyl (C=O) groups excluding carboxylic acids is 1. The van der Waals surface area contributed by atoms with Crippen molar-refractivity contribution >= 4 is 28.1 Å². The van der Waals surface area contributed by atoms with Crippen molar-refractivity contribution in [1.29, 1.82) is 0 Å². The molecule has 2 aromatic rings. The van der Waals surface area contributed by atoms with Gasteiger partial charge in [-0.2, -0.15) is 0 Å². The van der Waals surface area contributed by atoms with Crippen LogP contribution < -0.4 is 16.8 Å². The first-order valence-corrected chi connectivity index (χ1v) is 5.43. The molecule has 94 valence electrons. The number of rotatable bonds is 4. The van der Waals surface area contributed by atoms with E-state index in [1.165, 1.54) is 0 Å². The molecule has 2 rings (SSSR count). The van der Waals surface area contributed by atoms with Crippen LogP contribution >= 0.6 is 0 Å². The Balaban J connectivity index is 2.24. The van der Waals surface area contributed by atoms with Gasteiger partial charge in [0.1, 0.15) is 6.10 Å². The lowest BCUT2D eigenvalue weighted by Crippen LogP contribution is -2.34. The molecule has 0 aliphatic carbocycles.